The van der Waals surface area contributed by atoms with E-state index in [0.717, 1.165) is 12.1 Å². The van der Waals surface area contributed by atoms with E-state index in [4.69, 9.17) is 15.0 Å². The molecule has 0 bridgehead atoms. The van der Waals surface area contributed by atoms with Crippen molar-refractivity contribution < 1.29 is 19.8 Å². The van der Waals surface area contributed by atoms with Crippen molar-refractivity contribution in [1.82, 2.24) is 10.2 Å². The second kappa shape index (κ2) is 5.69. The van der Waals surface area contributed by atoms with E-state index in [1.807, 2.05) is 0 Å². The number of fused-ring (bicyclic) bond motifs is 1. The Kier molecular flexibility index (Phi) is 4.27. The standard InChI is InChI=1S/C8H7N3O2.C2H4O2/c12-8(13)6-1-5-3-10-11-4-7(5)9-2-6;1-2(3)4/h1,3-4,6H,2H2,(H,12,13);1H3,(H,3,4). The molecule has 0 aliphatic carbocycles. The Balaban J connectivity index is 0.000000317. The molecule has 0 saturated carbocycles. The van der Waals surface area contributed by atoms with Gasteiger partial charge in [0.05, 0.1) is 30.2 Å². The van der Waals surface area contributed by atoms with Crippen LogP contribution in [0.3, 0.4) is 0 Å². The number of carboxylic acids is 2. The molecule has 1 aromatic rings. The van der Waals surface area contributed by atoms with E-state index in [9.17, 15) is 4.79 Å². The summed E-state index contributed by atoms with van der Waals surface area (Å²) in [7, 11) is 0. The van der Waals surface area contributed by atoms with Gasteiger partial charge in [-0.25, -0.2) is 0 Å². The summed E-state index contributed by atoms with van der Waals surface area (Å²) >= 11 is 0. The third-order valence-corrected chi connectivity index (χ3v) is 1.90. The molecule has 7 heteroatoms. The van der Waals surface area contributed by atoms with Crippen LogP contribution < -0.4 is 10.6 Å². The number of carbonyl (C=O) groups is 2. The monoisotopic (exact) mass is 237 g/mol. The summed E-state index contributed by atoms with van der Waals surface area (Å²) in [5, 5.41) is 24.9. The lowest BCUT2D eigenvalue weighted by atomic mass is 10.1. The van der Waals surface area contributed by atoms with Crippen LogP contribution in [0.4, 0.5) is 0 Å². The van der Waals surface area contributed by atoms with Gasteiger partial charge in [-0.1, -0.05) is 6.08 Å². The molecule has 1 aliphatic heterocycles. The van der Waals surface area contributed by atoms with Crippen LogP contribution in [0.1, 0.15) is 6.92 Å². The summed E-state index contributed by atoms with van der Waals surface area (Å²) in [6.07, 6.45) is 4.71. The van der Waals surface area contributed by atoms with Gasteiger partial charge in [0.2, 0.25) is 0 Å². The maximum atomic E-state index is 10.6. The van der Waals surface area contributed by atoms with Crippen LogP contribution in [0.5, 0.6) is 0 Å². The molecule has 2 N–H and O–H groups in total. The molecule has 2 rings (SSSR count). The number of rotatable bonds is 1. The SMILES string of the molecule is CC(=O)O.O=C(O)C1C=c2cnncc2=NC1. The summed E-state index contributed by atoms with van der Waals surface area (Å²) < 4.78 is 0. The highest BCUT2D eigenvalue weighted by Crippen LogP contribution is 2.00. The molecule has 1 atom stereocenters. The highest BCUT2D eigenvalue weighted by atomic mass is 16.4. The Morgan fingerprint density at radius 3 is 2.47 bits per heavy atom. The molecule has 1 aromatic heterocycles. The summed E-state index contributed by atoms with van der Waals surface area (Å²) in [4.78, 5) is 23.7. The van der Waals surface area contributed by atoms with Crippen LogP contribution >= 0.6 is 0 Å². The first-order valence-electron chi connectivity index (χ1n) is 4.76. The smallest absolute Gasteiger partial charge is 0.312 e. The highest BCUT2D eigenvalue weighted by molar-refractivity contribution is 5.77. The molecule has 0 spiro atoms. The van der Waals surface area contributed by atoms with Crippen molar-refractivity contribution in [2.24, 2.45) is 10.9 Å². The average Bonchev–Trinajstić information content (AvgIpc) is 2.27. The quantitative estimate of drug-likeness (QED) is 0.626. The number of aliphatic carboxylic acids is 2. The number of nitrogens with zero attached hydrogens (tertiary/aromatic N) is 3. The first kappa shape index (κ1) is 12.8. The summed E-state index contributed by atoms with van der Waals surface area (Å²) in [6.45, 7) is 1.37. The molecule has 2 heterocycles. The molecule has 0 amide bonds. The van der Waals surface area contributed by atoms with Gasteiger partial charge >= 0.3 is 5.97 Å². The van der Waals surface area contributed by atoms with Crippen LogP contribution in [-0.4, -0.2) is 38.9 Å². The largest absolute Gasteiger partial charge is 0.481 e. The summed E-state index contributed by atoms with van der Waals surface area (Å²) in [6, 6.07) is 0. The fraction of sp³-hybridized carbons (Fsp3) is 0.300. The number of carboxylic acid groups (broad SMARTS) is 2. The van der Waals surface area contributed by atoms with Crippen LogP contribution in [0, 0.1) is 5.92 Å². The van der Waals surface area contributed by atoms with Crippen molar-refractivity contribution in [3.63, 3.8) is 0 Å². The molecular formula is C10H11N3O4. The molecule has 17 heavy (non-hydrogen) atoms. The second-order valence-corrected chi connectivity index (χ2v) is 3.30. The van der Waals surface area contributed by atoms with E-state index in [0.29, 0.717) is 5.36 Å². The fourth-order valence-corrected chi connectivity index (χ4v) is 1.20. The van der Waals surface area contributed by atoms with Crippen molar-refractivity contribution in [2.45, 2.75) is 6.92 Å². The number of hydrogen-bond donors (Lipinski definition) is 2. The predicted molar refractivity (Wildman–Crippen MR) is 56.6 cm³/mol. The second-order valence-electron chi connectivity index (χ2n) is 3.30. The van der Waals surface area contributed by atoms with E-state index in [2.05, 4.69) is 15.2 Å². The van der Waals surface area contributed by atoms with Gasteiger partial charge in [0.1, 0.15) is 0 Å². The summed E-state index contributed by atoms with van der Waals surface area (Å²) in [5.41, 5.74) is 0. The zero-order valence-electron chi connectivity index (χ0n) is 9.07. The number of hydrogen-bond acceptors (Lipinski definition) is 5. The van der Waals surface area contributed by atoms with Gasteiger partial charge in [-0.15, -0.1) is 0 Å². The minimum atomic E-state index is -0.855. The molecule has 0 aromatic carbocycles. The minimum absolute atomic E-state index is 0.286. The third kappa shape index (κ3) is 3.98. The van der Waals surface area contributed by atoms with E-state index in [1.54, 1.807) is 6.08 Å². The zero-order chi connectivity index (χ0) is 12.8. The normalized spacial score (nSPS) is 16.4. The van der Waals surface area contributed by atoms with Gasteiger partial charge in [-0.2, -0.15) is 10.2 Å². The van der Waals surface area contributed by atoms with Crippen LogP contribution in [0.15, 0.2) is 17.4 Å². The molecule has 1 unspecified atom stereocenters. The zero-order valence-corrected chi connectivity index (χ0v) is 9.07. The molecule has 1 aliphatic rings. The van der Waals surface area contributed by atoms with E-state index >= 15 is 0 Å². The Morgan fingerprint density at radius 2 is 1.88 bits per heavy atom. The Morgan fingerprint density at radius 1 is 1.29 bits per heavy atom. The third-order valence-electron chi connectivity index (χ3n) is 1.90. The van der Waals surface area contributed by atoms with Crippen molar-refractivity contribution in [3.8, 4) is 0 Å². The lowest BCUT2D eigenvalue weighted by molar-refractivity contribution is -0.139. The first-order valence-corrected chi connectivity index (χ1v) is 4.76. The maximum Gasteiger partial charge on any atom is 0.312 e. The van der Waals surface area contributed by atoms with Gasteiger partial charge in [-0.05, 0) is 0 Å². The van der Waals surface area contributed by atoms with Gasteiger partial charge in [0, 0.05) is 12.1 Å². The summed E-state index contributed by atoms with van der Waals surface area (Å²) in [5.74, 6) is -2.22. The lowest BCUT2D eigenvalue weighted by Crippen LogP contribution is -2.34. The van der Waals surface area contributed by atoms with Gasteiger partial charge in [0.15, 0.2) is 0 Å². The molecule has 7 nitrogen and oxygen atoms in total. The van der Waals surface area contributed by atoms with Crippen molar-refractivity contribution in [2.75, 3.05) is 6.54 Å². The molecule has 0 saturated heterocycles. The topological polar surface area (TPSA) is 113 Å². The minimum Gasteiger partial charge on any atom is -0.481 e. The molecular weight excluding hydrogens is 226 g/mol. The fourth-order valence-electron chi connectivity index (χ4n) is 1.20. The average molecular weight is 237 g/mol. The van der Waals surface area contributed by atoms with E-state index in [-0.39, 0.29) is 6.54 Å². The van der Waals surface area contributed by atoms with Crippen LogP contribution in [0.2, 0.25) is 0 Å². The van der Waals surface area contributed by atoms with Crippen molar-refractivity contribution in [3.05, 3.63) is 23.0 Å². The number of aromatic nitrogens is 2. The Bertz CT molecular complexity index is 537. The van der Waals surface area contributed by atoms with Crippen LogP contribution in [0.25, 0.3) is 6.08 Å². The van der Waals surface area contributed by atoms with Gasteiger partial charge < -0.3 is 10.2 Å². The van der Waals surface area contributed by atoms with Crippen LogP contribution in [-0.2, 0) is 9.59 Å². The molecule has 90 valence electrons. The lowest BCUT2D eigenvalue weighted by Gasteiger charge is -2.06. The Hall–Kier alpha value is -2.31. The Labute approximate surface area is 96.1 Å². The predicted octanol–water partition coefficient (Wildman–Crippen LogP) is -1.32. The van der Waals surface area contributed by atoms with E-state index < -0.39 is 17.9 Å². The first-order chi connectivity index (χ1) is 8.00. The maximum absolute atomic E-state index is 10.6. The van der Waals surface area contributed by atoms with Crippen molar-refractivity contribution in [1.29, 1.82) is 0 Å². The molecule has 0 fully saturated rings. The van der Waals surface area contributed by atoms with Gasteiger partial charge in [-0.3, -0.25) is 14.6 Å². The highest BCUT2D eigenvalue weighted by Gasteiger charge is 2.15. The van der Waals surface area contributed by atoms with E-state index in [1.165, 1.54) is 12.4 Å². The van der Waals surface area contributed by atoms with Crippen molar-refractivity contribution >= 4 is 18.0 Å². The molecule has 0 radical (unpaired) electrons. The van der Waals surface area contributed by atoms with Gasteiger partial charge in [0.25, 0.3) is 5.97 Å².